The molecule has 7 nitrogen and oxygen atoms in total. The Morgan fingerprint density at radius 2 is 1.30 bits per heavy atom. The molecule has 1 aliphatic carbocycles. The van der Waals surface area contributed by atoms with Crippen LogP contribution >= 0.6 is 34.4 Å². The number of aliphatic hydroxyl groups is 1. The molecule has 3 aliphatic rings. The third-order valence-electron chi connectivity index (χ3n) is 15.3. The molecule has 9 rings (SSSR count). The minimum atomic E-state index is -0.966. The number of fused-ring (bicyclic) bond motifs is 3. The lowest BCUT2D eigenvalue weighted by Gasteiger charge is -2.33. The second kappa shape index (κ2) is 23.9. The number of hydrogen-bond acceptors (Lipinski definition) is 8. The first kappa shape index (κ1) is 53.2. The van der Waals surface area contributed by atoms with Crippen LogP contribution in [0.4, 0.5) is 17.1 Å². The fourth-order valence-electron chi connectivity index (χ4n) is 10.7. The van der Waals surface area contributed by atoms with E-state index in [1.165, 1.54) is 118 Å². The molecule has 0 radical (unpaired) electrons. The monoisotopic (exact) mass is 1050 g/mol. The number of thiophene rings is 2. The van der Waals surface area contributed by atoms with Crippen LogP contribution in [0.15, 0.2) is 130 Å². The summed E-state index contributed by atoms with van der Waals surface area (Å²) in [5, 5.41) is 21.5. The summed E-state index contributed by atoms with van der Waals surface area (Å²) < 4.78 is 8.49. The maximum atomic E-state index is 14.1. The van der Waals surface area contributed by atoms with E-state index in [4.69, 9.17) is 4.74 Å². The molecule has 386 valence electrons. The first-order valence-corrected chi connectivity index (χ1v) is 29.8. The number of carboxylic acids is 1. The molecule has 2 aromatic heterocycles. The molecule has 74 heavy (non-hydrogen) atoms. The first-order chi connectivity index (χ1) is 35.9. The number of hydrogen-bond donors (Lipinski definition) is 2. The third-order valence-corrected chi connectivity index (χ3v) is 18.8. The van der Waals surface area contributed by atoms with Crippen molar-refractivity contribution in [2.24, 2.45) is 5.92 Å². The summed E-state index contributed by atoms with van der Waals surface area (Å²) in [5.74, 6) is 0.403. The van der Waals surface area contributed by atoms with Gasteiger partial charge in [-0.05, 0) is 129 Å². The largest absolute Gasteiger partial charge is 0.506 e. The molecular formula is C64H73N2O5S3+. The van der Waals surface area contributed by atoms with Gasteiger partial charge in [0, 0.05) is 60.0 Å². The number of ketones is 1. The number of carbonyl (C=O) groups is 2. The standard InChI is InChI=1S/C64H72N2O5S3/c1-7-11-14-16-17-19-36-66-50-28-25-46(63(69)70)37-49(50)64(5,6)59(66)40-48-61(67)60(62(48)68)56-34-33-55(73-56)54-32-31-53(72-54)45-24-30-52-58(39-45)74-57-38-44(23-29-51(57)65(52)35-18-15-12-8-2)43-21-26-47(27-22-43)71-41-42(10-4)20-13-9-3/h21-34,37-40,42H,7-20,35-36,41H2,1-6H3,(H-,67,68,69,70)/p+1. The van der Waals surface area contributed by atoms with Crippen LogP contribution in [0.25, 0.3) is 36.9 Å². The Balaban J connectivity index is 0.934. The average Bonchev–Trinajstić information content (AvgIpc) is 4.15. The van der Waals surface area contributed by atoms with Gasteiger partial charge in [-0.2, -0.15) is 4.58 Å². The van der Waals surface area contributed by atoms with E-state index in [1.807, 2.05) is 30.0 Å². The minimum absolute atomic E-state index is 0.0148. The summed E-state index contributed by atoms with van der Waals surface area (Å²) >= 11 is 5.13. The number of anilines is 2. The number of aliphatic hydroxyl groups excluding tert-OH is 1. The molecule has 0 fully saturated rings. The molecule has 0 bridgehead atoms. The second-order valence-corrected chi connectivity index (χ2v) is 24.1. The van der Waals surface area contributed by atoms with Crippen molar-refractivity contribution >= 4 is 74.5 Å². The number of carbonyl (C=O) groups excluding carboxylic acids is 1. The van der Waals surface area contributed by atoms with Gasteiger partial charge in [-0.25, -0.2) is 4.79 Å². The molecule has 4 heterocycles. The van der Waals surface area contributed by atoms with Gasteiger partial charge in [0.25, 0.3) is 0 Å². The maximum Gasteiger partial charge on any atom is 0.335 e. The molecule has 0 spiro atoms. The van der Waals surface area contributed by atoms with E-state index in [0.717, 1.165) is 82.7 Å². The maximum absolute atomic E-state index is 14.1. The van der Waals surface area contributed by atoms with Crippen LogP contribution < -0.4 is 9.64 Å². The van der Waals surface area contributed by atoms with Crippen molar-refractivity contribution in [1.82, 2.24) is 0 Å². The number of allylic oxidation sites excluding steroid dienone is 3. The van der Waals surface area contributed by atoms with Crippen LogP contribution in [0.1, 0.15) is 152 Å². The lowest BCUT2D eigenvalue weighted by molar-refractivity contribution is -0.438. The predicted molar refractivity (Wildman–Crippen MR) is 311 cm³/mol. The van der Waals surface area contributed by atoms with Gasteiger partial charge in [0.2, 0.25) is 11.5 Å². The van der Waals surface area contributed by atoms with Gasteiger partial charge in [-0.3, -0.25) is 4.79 Å². The van der Waals surface area contributed by atoms with Gasteiger partial charge < -0.3 is 19.8 Å². The van der Waals surface area contributed by atoms with Crippen LogP contribution in [0.3, 0.4) is 0 Å². The van der Waals surface area contributed by atoms with Gasteiger partial charge >= 0.3 is 5.97 Å². The summed E-state index contributed by atoms with van der Waals surface area (Å²) in [5.41, 5.74) is 9.18. The van der Waals surface area contributed by atoms with Crippen molar-refractivity contribution in [3.05, 3.63) is 137 Å². The number of ether oxygens (including phenoxy) is 1. The highest BCUT2D eigenvalue weighted by Gasteiger charge is 2.47. The highest BCUT2D eigenvalue weighted by molar-refractivity contribution is 7.99. The molecule has 1 unspecified atom stereocenters. The Hall–Kier alpha value is -5.68. The SMILES string of the molecule is CCCCCCCC[N+]1=C(C=C2C(=O)C(c3ccc(-c4ccc(-c5ccc6c(c5)Sc5cc(-c7ccc(OCC(CC)CCCC)cc7)ccc5N6CCCCCC)s4)s3)=C2O)C(C)(C)c2cc(C(=O)O)ccc21. The molecule has 2 aliphatic heterocycles. The molecular weight excluding hydrogens is 973 g/mol. The lowest BCUT2D eigenvalue weighted by Crippen LogP contribution is -2.31. The van der Waals surface area contributed by atoms with Crippen molar-refractivity contribution < 1.29 is 29.1 Å². The molecule has 1 atom stereocenters. The van der Waals surface area contributed by atoms with Gasteiger partial charge in [0.05, 0.1) is 40.1 Å². The van der Waals surface area contributed by atoms with E-state index in [2.05, 4.69) is 130 Å². The van der Waals surface area contributed by atoms with E-state index < -0.39 is 11.4 Å². The van der Waals surface area contributed by atoms with Crippen molar-refractivity contribution in [3.8, 4) is 37.1 Å². The van der Waals surface area contributed by atoms with E-state index in [-0.39, 0.29) is 17.1 Å². The van der Waals surface area contributed by atoms with Crippen LogP contribution in [0.5, 0.6) is 5.75 Å². The molecule has 0 amide bonds. The summed E-state index contributed by atoms with van der Waals surface area (Å²) in [6.07, 6.45) is 18.3. The Morgan fingerprint density at radius 3 is 1.97 bits per heavy atom. The van der Waals surface area contributed by atoms with E-state index in [1.54, 1.807) is 23.5 Å². The molecule has 6 aromatic rings. The summed E-state index contributed by atoms with van der Waals surface area (Å²) in [4.78, 5) is 35.2. The van der Waals surface area contributed by atoms with Gasteiger partial charge in [-0.15, -0.1) is 22.7 Å². The van der Waals surface area contributed by atoms with E-state index in [9.17, 15) is 19.8 Å². The second-order valence-electron chi connectivity index (χ2n) is 20.8. The summed E-state index contributed by atoms with van der Waals surface area (Å²) in [6, 6.07) is 36.2. The van der Waals surface area contributed by atoms with Crippen molar-refractivity contribution in [3.63, 3.8) is 0 Å². The number of rotatable bonds is 25. The lowest BCUT2D eigenvalue weighted by atomic mass is 9.78. The predicted octanol–water partition coefficient (Wildman–Crippen LogP) is 18.5. The zero-order valence-electron chi connectivity index (χ0n) is 44.2. The number of aromatic carboxylic acids is 1. The average molecular weight is 1050 g/mol. The number of nitrogens with zero attached hydrogens (tertiary/aromatic N) is 2. The first-order valence-electron chi connectivity index (χ1n) is 27.3. The molecule has 10 heteroatoms. The quantitative estimate of drug-likeness (QED) is 0.0335. The van der Waals surface area contributed by atoms with Crippen LogP contribution in [0.2, 0.25) is 0 Å². The van der Waals surface area contributed by atoms with E-state index >= 15 is 0 Å². The summed E-state index contributed by atoms with van der Waals surface area (Å²) in [7, 11) is 0. The Morgan fingerprint density at radius 1 is 0.689 bits per heavy atom. The topological polar surface area (TPSA) is 90.1 Å². The zero-order valence-corrected chi connectivity index (χ0v) is 46.7. The molecule has 2 N–H and O–H groups in total. The molecule has 0 saturated carbocycles. The zero-order chi connectivity index (χ0) is 51.9. The highest BCUT2D eigenvalue weighted by Crippen LogP contribution is 2.52. The van der Waals surface area contributed by atoms with Crippen molar-refractivity contribution in [2.45, 2.75) is 147 Å². The normalized spacial score (nSPS) is 15.6. The number of Topliss-reactive ketones (excluding diaryl/α,β-unsaturated/α-hetero) is 1. The van der Waals surface area contributed by atoms with Gasteiger partial charge in [0.15, 0.2) is 5.71 Å². The van der Waals surface area contributed by atoms with Gasteiger partial charge in [0.1, 0.15) is 18.1 Å². The van der Waals surface area contributed by atoms with Gasteiger partial charge in [-0.1, -0.05) is 128 Å². The van der Waals surface area contributed by atoms with Crippen molar-refractivity contribution in [1.29, 1.82) is 0 Å². The molecule has 4 aromatic carbocycles. The van der Waals surface area contributed by atoms with E-state index in [0.29, 0.717) is 17.1 Å². The van der Waals surface area contributed by atoms with Crippen LogP contribution in [-0.2, 0) is 10.2 Å². The van der Waals surface area contributed by atoms with Crippen LogP contribution in [0, 0.1) is 5.92 Å². The Labute approximate surface area is 451 Å². The fourth-order valence-corrected chi connectivity index (χ4v) is 14.0. The molecule has 0 saturated heterocycles. The highest BCUT2D eigenvalue weighted by atomic mass is 32.2. The smallest absolute Gasteiger partial charge is 0.335 e. The van der Waals surface area contributed by atoms with Crippen molar-refractivity contribution in [2.75, 3.05) is 24.6 Å². The minimum Gasteiger partial charge on any atom is -0.506 e. The Bertz CT molecular complexity index is 3100. The number of benzene rings is 4. The van der Waals surface area contributed by atoms with Crippen LogP contribution in [-0.4, -0.2) is 51.9 Å². The summed E-state index contributed by atoms with van der Waals surface area (Å²) in [6.45, 7) is 15.6. The number of unbranched alkanes of at least 4 members (excludes halogenated alkanes) is 9. The third kappa shape index (κ3) is 11.3. The number of carboxylic acid groups (broad SMARTS) is 1. The fraction of sp³-hybridized carbons (Fsp3) is 0.391. The Kier molecular flexibility index (Phi) is 17.2.